The average Bonchev–Trinajstić information content (AvgIpc) is 3.00. The molecule has 3 rings (SSSR count). The quantitative estimate of drug-likeness (QED) is 0.734. The zero-order valence-electron chi connectivity index (χ0n) is 13.5. The minimum absolute atomic E-state index is 0.237. The van der Waals surface area contributed by atoms with E-state index in [0.29, 0.717) is 11.9 Å². The summed E-state index contributed by atoms with van der Waals surface area (Å²) in [5.74, 6) is 1.69. The molecule has 0 aliphatic heterocycles. The molecular formula is C17H21N5O. The lowest BCUT2D eigenvalue weighted by Gasteiger charge is -2.04. The van der Waals surface area contributed by atoms with Crippen molar-refractivity contribution in [2.75, 3.05) is 7.11 Å². The predicted octanol–water partition coefficient (Wildman–Crippen LogP) is 2.64. The van der Waals surface area contributed by atoms with Gasteiger partial charge in [0.25, 0.3) is 0 Å². The van der Waals surface area contributed by atoms with Gasteiger partial charge in [-0.2, -0.15) is 0 Å². The van der Waals surface area contributed by atoms with Crippen LogP contribution in [0.25, 0.3) is 11.2 Å². The standard InChI is InChI=1S/C17H21N5O/c1-3-4-9-22-11-19-16(18)15-17(22)21-14(20-15)10-12-5-7-13(23-2)8-6-12/h5-8,11,18H,3-4,9-10H2,1-2H3,(H,20,21). The Balaban J connectivity index is 1.92. The van der Waals surface area contributed by atoms with Crippen LogP contribution in [0, 0.1) is 5.41 Å². The molecule has 6 heteroatoms. The second-order valence-electron chi connectivity index (χ2n) is 5.55. The molecule has 2 N–H and O–H groups in total. The summed E-state index contributed by atoms with van der Waals surface area (Å²) in [6, 6.07) is 7.93. The molecule has 3 aromatic rings. The number of aryl methyl sites for hydroxylation is 1. The molecule has 0 saturated heterocycles. The molecule has 2 aromatic heterocycles. The maximum Gasteiger partial charge on any atom is 0.173 e. The summed E-state index contributed by atoms with van der Waals surface area (Å²) >= 11 is 0. The average molecular weight is 311 g/mol. The van der Waals surface area contributed by atoms with Crippen molar-refractivity contribution in [2.24, 2.45) is 0 Å². The highest BCUT2D eigenvalue weighted by molar-refractivity contribution is 5.69. The van der Waals surface area contributed by atoms with Crippen molar-refractivity contribution >= 4 is 11.2 Å². The summed E-state index contributed by atoms with van der Waals surface area (Å²) in [6.45, 7) is 3.02. The minimum atomic E-state index is 0.237. The zero-order valence-corrected chi connectivity index (χ0v) is 13.5. The number of aromatic nitrogens is 4. The Morgan fingerprint density at radius 1 is 1.26 bits per heavy atom. The molecule has 0 saturated carbocycles. The Morgan fingerprint density at radius 2 is 2.04 bits per heavy atom. The van der Waals surface area contributed by atoms with Gasteiger partial charge in [0, 0.05) is 13.0 Å². The lowest BCUT2D eigenvalue weighted by Crippen LogP contribution is -2.12. The molecule has 0 radical (unpaired) electrons. The van der Waals surface area contributed by atoms with Crippen molar-refractivity contribution in [1.29, 1.82) is 5.41 Å². The summed E-state index contributed by atoms with van der Waals surface area (Å²) in [5.41, 5.74) is 2.89. The van der Waals surface area contributed by atoms with Gasteiger partial charge in [0.2, 0.25) is 0 Å². The van der Waals surface area contributed by atoms with E-state index in [1.807, 2.05) is 28.8 Å². The molecule has 6 nitrogen and oxygen atoms in total. The second-order valence-corrected chi connectivity index (χ2v) is 5.55. The first kappa shape index (κ1) is 15.3. The third-order valence-electron chi connectivity index (χ3n) is 3.85. The summed E-state index contributed by atoms with van der Waals surface area (Å²) < 4.78 is 7.20. The van der Waals surface area contributed by atoms with E-state index in [9.17, 15) is 0 Å². The van der Waals surface area contributed by atoms with E-state index in [4.69, 9.17) is 10.1 Å². The van der Waals surface area contributed by atoms with E-state index in [-0.39, 0.29) is 5.49 Å². The molecule has 0 spiro atoms. The smallest absolute Gasteiger partial charge is 0.173 e. The first-order valence-electron chi connectivity index (χ1n) is 7.83. The molecule has 0 aliphatic carbocycles. The van der Waals surface area contributed by atoms with Crippen LogP contribution in [0.3, 0.4) is 0 Å². The van der Waals surface area contributed by atoms with Crippen LogP contribution in [0.2, 0.25) is 0 Å². The zero-order chi connectivity index (χ0) is 16.2. The number of ether oxygens (including phenoxy) is 1. The number of methoxy groups -OCH3 is 1. The maximum absolute atomic E-state index is 7.97. The van der Waals surface area contributed by atoms with Crippen LogP contribution in [0.1, 0.15) is 31.2 Å². The third-order valence-corrected chi connectivity index (χ3v) is 3.85. The number of nitrogens with zero attached hydrogens (tertiary/aromatic N) is 3. The Hall–Kier alpha value is -2.63. The van der Waals surface area contributed by atoms with Crippen LogP contribution in [0.5, 0.6) is 5.75 Å². The van der Waals surface area contributed by atoms with Crippen molar-refractivity contribution in [3.63, 3.8) is 0 Å². The molecule has 23 heavy (non-hydrogen) atoms. The van der Waals surface area contributed by atoms with E-state index in [2.05, 4.69) is 21.9 Å². The minimum Gasteiger partial charge on any atom is -0.497 e. The number of imidazole rings is 1. The van der Waals surface area contributed by atoms with Crippen molar-refractivity contribution in [3.05, 3.63) is 47.5 Å². The van der Waals surface area contributed by atoms with Gasteiger partial charge in [-0.3, -0.25) is 5.41 Å². The Labute approximate surface area is 134 Å². The molecule has 1 aromatic carbocycles. The van der Waals surface area contributed by atoms with Gasteiger partial charge in [-0.1, -0.05) is 25.5 Å². The van der Waals surface area contributed by atoms with Gasteiger partial charge in [0.15, 0.2) is 11.1 Å². The van der Waals surface area contributed by atoms with Crippen LogP contribution in [-0.2, 0) is 13.0 Å². The van der Waals surface area contributed by atoms with Crippen LogP contribution in [0.15, 0.2) is 30.6 Å². The van der Waals surface area contributed by atoms with E-state index in [1.165, 1.54) is 0 Å². The van der Waals surface area contributed by atoms with Gasteiger partial charge in [-0.05, 0) is 24.1 Å². The maximum atomic E-state index is 7.97. The number of rotatable bonds is 6. The summed E-state index contributed by atoms with van der Waals surface area (Å²) in [5, 5.41) is 7.97. The summed E-state index contributed by atoms with van der Waals surface area (Å²) in [7, 11) is 1.66. The van der Waals surface area contributed by atoms with Crippen LogP contribution >= 0.6 is 0 Å². The SMILES string of the molecule is CCCCn1cnc(=N)c2[nH]c(Cc3ccc(OC)cc3)nc21. The van der Waals surface area contributed by atoms with Gasteiger partial charge in [0.1, 0.15) is 17.1 Å². The van der Waals surface area contributed by atoms with Crippen molar-refractivity contribution < 1.29 is 4.74 Å². The van der Waals surface area contributed by atoms with Gasteiger partial charge in [-0.25, -0.2) is 9.97 Å². The molecule has 0 bridgehead atoms. The summed E-state index contributed by atoms with van der Waals surface area (Å²) in [4.78, 5) is 12.1. The fourth-order valence-corrected chi connectivity index (χ4v) is 2.54. The lowest BCUT2D eigenvalue weighted by atomic mass is 10.1. The van der Waals surface area contributed by atoms with Crippen molar-refractivity contribution in [3.8, 4) is 5.75 Å². The number of hydrogen-bond donors (Lipinski definition) is 2. The normalized spacial score (nSPS) is 11.0. The third kappa shape index (κ3) is 3.26. The molecule has 0 fully saturated rings. The molecule has 0 amide bonds. The monoisotopic (exact) mass is 311 g/mol. The van der Waals surface area contributed by atoms with Gasteiger partial charge < -0.3 is 14.3 Å². The number of H-pyrrole nitrogens is 1. The number of unbranched alkanes of at least 4 members (excludes halogenated alkanes) is 1. The fourth-order valence-electron chi connectivity index (χ4n) is 2.54. The van der Waals surface area contributed by atoms with Crippen LogP contribution in [0.4, 0.5) is 0 Å². The fraction of sp³-hybridized carbons (Fsp3) is 0.353. The summed E-state index contributed by atoms with van der Waals surface area (Å²) in [6.07, 6.45) is 4.57. The largest absolute Gasteiger partial charge is 0.497 e. The number of aromatic amines is 1. The van der Waals surface area contributed by atoms with Crippen molar-refractivity contribution in [1.82, 2.24) is 19.5 Å². The molecule has 0 aliphatic rings. The number of benzene rings is 1. The van der Waals surface area contributed by atoms with E-state index in [1.54, 1.807) is 13.4 Å². The molecule has 2 heterocycles. The van der Waals surface area contributed by atoms with Gasteiger partial charge >= 0.3 is 0 Å². The second kappa shape index (κ2) is 6.64. The Kier molecular flexibility index (Phi) is 4.41. The van der Waals surface area contributed by atoms with E-state index >= 15 is 0 Å². The Bertz CT molecular complexity index is 848. The van der Waals surface area contributed by atoms with E-state index in [0.717, 1.165) is 42.2 Å². The highest BCUT2D eigenvalue weighted by Gasteiger charge is 2.09. The van der Waals surface area contributed by atoms with Crippen LogP contribution < -0.4 is 10.2 Å². The number of hydrogen-bond acceptors (Lipinski definition) is 4. The van der Waals surface area contributed by atoms with Gasteiger partial charge in [-0.15, -0.1) is 0 Å². The number of nitrogens with one attached hydrogen (secondary N) is 2. The predicted molar refractivity (Wildman–Crippen MR) is 88.4 cm³/mol. The first-order valence-corrected chi connectivity index (χ1v) is 7.83. The molecule has 120 valence electrons. The van der Waals surface area contributed by atoms with Gasteiger partial charge in [0.05, 0.1) is 13.4 Å². The van der Waals surface area contributed by atoms with Crippen molar-refractivity contribution in [2.45, 2.75) is 32.7 Å². The van der Waals surface area contributed by atoms with E-state index < -0.39 is 0 Å². The van der Waals surface area contributed by atoms with Crippen LogP contribution in [-0.4, -0.2) is 26.6 Å². The number of fused-ring (bicyclic) bond motifs is 1. The highest BCUT2D eigenvalue weighted by Crippen LogP contribution is 2.15. The molecule has 0 unspecified atom stereocenters. The lowest BCUT2D eigenvalue weighted by molar-refractivity contribution is 0.414. The topological polar surface area (TPSA) is 79.6 Å². The molecule has 0 atom stereocenters. The Morgan fingerprint density at radius 3 is 2.74 bits per heavy atom. The first-order chi connectivity index (χ1) is 11.2. The molecular weight excluding hydrogens is 290 g/mol. The highest BCUT2D eigenvalue weighted by atomic mass is 16.5.